The van der Waals surface area contributed by atoms with Crippen molar-refractivity contribution in [2.24, 2.45) is 0 Å². The van der Waals surface area contributed by atoms with Crippen molar-refractivity contribution in [1.29, 1.82) is 0 Å². The second kappa shape index (κ2) is 6.74. The number of rotatable bonds is 6. The average Bonchev–Trinajstić information content (AvgIpc) is 2.46. The highest BCUT2D eigenvalue weighted by Gasteiger charge is 2.19. The van der Waals surface area contributed by atoms with E-state index in [2.05, 4.69) is 5.32 Å². The summed E-state index contributed by atoms with van der Waals surface area (Å²) in [6, 6.07) is 14.6. The Balaban J connectivity index is 2.25. The van der Waals surface area contributed by atoms with E-state index in [9.17, 15) is 10.1 Å². The van der Waals surface area contributed by atoms with Crippen LogP contribution < -0.4 is 10.1 Å². The zero-order valence-electron chi connectivity index (χ0n) is 12.1. The molecule has 5 nitrogen and oxygen atoms in total. The van der Waals surface area contributed by atoms with Crippen LogP contribution in [0, 0.1) is 10.1 Å². The summed E-state index contributed by atoms with van der Waals surface area (Å²) in [5, 5.41) is 14.2. The van der Waals surface area contributed by atoms with Gasteiger partial charge < -0.3 is 10.1 Å². The summed E-state index contributed by atoms with van der Waals surface area (Å²) in [5.41, 5.74) is 1.46. The number of para-hydroxylation sites is 1. The van der Waals surface area contributed by atoms with Gasteiger partial charge in [-0.1, -0.05) is 36.4 Å². The summed E-state index contributed by atoms with van der Waals surface area (Å²) in [4.78, 5) is 10.7. The molecule has 2 rings (SSSR count). The van der Waals surface area contributed by atoms with Gasteiger partial charge in [-0.3, -0.25) is 10.1 Å². The number of ether oxygens (including phenoxy) is 1. The molecule has 5 heteroatoms. The van der Waals surface area contributed by atoms with Crippen LogP contribution in [-0.4, -0.2) is 11.0 Å². The van der Waals surface area contributed by atoms with Gasteiger partial charge in [-0.05, 0) is 25.5 Å². The van der Waals surface area contributed by atoms with Crippen molar-refractivity contribution >= 4 is 11.4 Å². The number of nitrogens with one attached hydrogen (secondary N) is 1. The molecule has 0 aromatic heterocycles. The van der Waals surface area contributed by atoms with Gasteiger partial charge in [0.15, 0.2) is 5.69 Å². The summed E-state index contributed by atoms with van der Waals surface area (Å²) in [5.74, 6) is 0.488. The number of hydrogen-bond acceptors (Lipinski definition) is 4. The third-order valence-corrected chi connectivity index (χ3v) is 2.87. The van der Waals surface area contributed by atoms with Crippen LogP contribution in [0.25, 0.3) is 0 Å². The predicted molar refractivity (Wildman–Crippen MR) is 82.6 cm³/mol. The van der Waals surface area contributed by atoms with Gasteiger partial charge >= 0.3 is 0 Å². The molecule has 0 aliphatic rings. The first-order valence-electron chi connectivity index (χ1n) is 6.78. The van der Waals surface area contributed by atoms with Crippen molar-refractivity contribution in [2.75, 3.05) is 5.32 Å². The molecule has 0 saturated carbocycles. The fraction of sp³-hybridized carbons (Fsp3) is 0.250. The van der Waals surface area contributed by atoms with Crippen LogP contribution in [0.4, 0.5) is 11.4 Å². The van der Waals surface area contributed by atoms with Crippen LogP contribution in [0.2, 0.25) is 0 Å². The van der Waals surface area contributed by atoms with Crippen molar-refractivity contribution in [1.82, 2.24) is 0 Å². The lowest BCUT2D eigenvalue weighted by Crippen LogP contribution is -2.12. The normalized spacial score (nSPS) is 10.4. The van der Waals surface area contributed by atoms with E-state index < -0.39 is 4.92 Å². The standard InChI is InChI=1S/C16H18N2O3/c1-12(2)17-16-14(18(19)20)9-6-10-15(16)21-11-13-7-4-3-5-8-13/h3-10,12,17H,11H2,1-2H3. The third-order valence-electron chi connectivity index (χ3n) is 2.87. The van der Waals surface area contributed by atoms with E-state index in [-0.39, 0.29) is 11.7 Å². The van der Waals surface area contributed by atoms with Crippen molar-refractivity contribution in [3.8, 4) is 5.75 Å². The second-order valence-corrected chi connectivity index (χ2v) is 4.98. The number of benzene rings is 2. The maximum atomic E-state index is 11.1. The molecule has 0 aliphatic heterocycles. The molecule has 21 heavy (non-hydrogen) atoms. The average molecular weight is 286 g/mol. The lowest BCUT2D eigenvalue weighted by Gasteiger charge is -2.15. The second-order valence-electron chi connectivity index (χ2n) is 4.98. The largest absolute Gasteiger partial charge is 0.486 e. The minimum absolute atomic E-state index is 0.0225. The lowest BCUT2D eigenvalue weighted by atomic mass is 10.2. The van der Waals surface area contributed by atoms with Crippen molar-refractivity contribution in [3.63, 3.8) is 0 Å². The highest BCUT2D eigenvalue weighted by atomic mass is 16.6. The molecular weight excluding hydrogens is 268 g/mol. The zero-order valence-corrected chi connectivity index (χ0v) is 12.1. The van der Waals surface area contributed by atoms with Crippen LogP contribution >= 0.6 is 0 Å². The van der Waals surface area contributed by atoms with E-state index in [0.717, 1.165) is 5.56 Å². The van der Waals surface area contributed by atoms with Gasteiger partial charge in [0, 0.05) is 12.1 Å². The maximum Gasteiger partial charge on any atom is 0.296 e. The molecule has 2 aromatic rings. The first-order valence-corrected chi connectivity index (χ1v) is 6.78. The summed E-state index contributed by atoms with van der Waals surface area (Å²) in [7, 11) is 0. The van der Waals surface area contributed by atoms with Gasteiger partial charge in [0.1, 0.15) is 12.4 Å². The van der Waals surface area contributed by atoms with Gasteiger partial charge in [-0.15, -0.1) is 0 Å². The fourth-order valence-corrected chi connectivity index (χ4v) is 1.96. The molecule has 0 heterocycles. The molecule has 0 spiro atoms. The fourth-order valence-electron chi connectivity index (χ4n) is 1.96. The van der Waals surface area contributed by atoms with Crippen molar-refractivity contribution in [3.05, 3.63) is 64.2 Å². The monoisotopic (exact) mass is 286 g/mol. The molecule has 0 radical (unpaired) electrons. The number of nitrogens with zero attached hydrogens (tertiary/aromatic N) is 1. The molecule has 0 unspecified atom stereocenters. The summed E-state index contributed by atoms with van der Waals surface area (Å²) in [6.07, 6.45) is 0. The van der Waals surface area contributed by atoms with Gasteiger partial charge in [-0.25, -0.2) is 0 Å². The van der Waals surface area contributed by atoms with Crippen molar-refractivity contribution in [2.45, 2.75) is 26.5 Å². The van der Waals surface area contributed by atoms with Gasteiger partial charge in [0.05, 0.1) is 4.92 Å². The third kappa shape index (κ3) is 3.95. The van der Waals surface area contributed by atoms with Crippen LogP contribution in [0.15, 0.2) is 48.5 Å². The molecule has 0 aliphatic carbocycles. The Bertz CT molecular complexity index is 612. The molecule has 0 atom stereocenters. The predicted octanol–water partition coefficient (Wildman–Crippen LogP) is 3.99. The van der Waals surface area contributed by atoms with Gasteiger partial charge in [-0.2, -0.15) is 0 Å². The maximum absolute atomic E-state index is 11.1. The van der Waals surface area contributed by atoms with Crippen molar-refractivity contribution < 1.29 is 9.66 Å². The summed E-state index contributed by atoms with van der Waals surface area (Å²) in [6.45, 7) is 4.23. The van der Waals surface area contributed by atoms with E-state index in [1.165, 1.54) is 6.07 Å². The zero-order chi connectivity index (χ0) is 15.2. The molecular formula is C16H18N2O3. The number of anilines is 1. The quantitative estimate of drug-likeness (QED) is 0.644. The molecule has 1 N–H and O–H groups in total. The Morgan fingerprint density at radius 3 is 2.48 bits per heavy atom. The minimum atomic E-state index is -0.403. The molecule has 0 fully saturated rings. The Kier molecular flexibility index (Phi) is 4.77. The molecule has 2 aromatic carbocycles. The number of hydrogen-bond donors (Lipinski definition) is 1. The van der Waals surface area contributed by atoms with Gasteiger partial charge in [0.2, 0.25) is 0 Å². The smallest absolute Gasteiger partial charge is 0.296 e. The van der Waals surface area contributed by atoms with E-state index in [0.29, 0.717) is 18.0 Å². The van der Waals surface area contributed by atoms with E-state index in [4.69, 9.17) is 4.74 Å². The molecule has 0 amide bonds. The highest BCUT2D eigenvalue weighted by Crippen LogP contribution is 2.35. The number of nitro benzene ring substituents is 1. The highest BCUT2D eigenvalue weighted by molar-refractivity contribution is 5.70. The first kappa shape index (κ1) is 14.8. The van der Waals surface area contributed by atoms with Crippen LogP contribution in [0.3, 0.4) is 0 Å². The lowest BCUT2D eigenvalue weighted by molar-refractivity contribution is -0.384. The summed E-state index contributed by atoms with van der Waals surface area (Å²) >= 11 is 0. The molecule has 0 bridgehead atoms. The van der Waals surface area contributed by atoms with Gasteiger partial charge in [0.25, 0.3) is 5.69 Å². The van der Waals surface area contributed by atoms with Crippen LogP contribution in [0.1, 0.15) is 19.4 Å². The van der Waals surface area contributed by atoms with E-state index >= 15 is 0 Å². The van der Waals surface area contributed by atoms with Crippen LogP contribution in [0.5, 0.6) is 5.75 Å². The Hall–Kier alpha value is -2.56. The SMILES string of the molecule is CC(C)Nc1c(OCc2ccccc2)cccc1[N+](=O)[O-]. The Morgan fingerprint density at radius 2 is 1.86 bits per heavy atom. The Labute approximate surface area is 123 Å². The van der Waals surface area contributed by atoms with Crippen LogP contribution in [-0.2, 0) is 6.61 Å². The summed E-state index contributed by atoms with van der Waals surface area (Å²) < 4.78 is 5.75. The first-order chi connectivity index (χ1) is 10.1. The van der Waals surface area contributed by atoms with E-state index in [1.54, 1.807) is 12.1 Å². The number of nitro groups is 1. The Morgan fingerprint density at radius 1 is 1.14 bits per heavy atom. The molecule has 110 valence electrons. The molecule has 0 saturated heterocycles. The minimum Gasteiger partial charge on any atom is -0.486 e. The topological polar surface area (TPSA) is 64.4 Å². The van der Waals surface area contributed by atoms with E-state index in [1.807, 2.05) is 44.2 Å².